The van der Waals surface area contributed by atoms with Crippen LogP contribution in [0.1, 0.15) is 25.0 Å². The van der Waals surface area contributed by atoms with E-state index in [-0.39, 0.29) is 5.41 Å². The Morgan fingerprint density at radius 3 is 2.05 bits per heavy atom. The first-order chi connectivity index (χ1) is 21.6. The number of thiophene rings is 1. The molecule has 5 heteroatoms. The minimum atomic E-state index is -0.130. The van der Waals surface area contributed by atoms with E-state index in [1.54, 1.807) is 11.8 Å². The summed E-state index contributed by atoms with van der Waals surface area (Å²) in [5.41, 5.74) is 6.10. The molecule has 0 aliphatic carbocycles. The summed E-state index contributed by atoms with van der Waals surface area (Å²) in [5, 5.41) is 2.59. The average molecular weight is 622 g/mol. The number of anilines is 3. The van der Waals surface area contributed by atoms with Gasteiger partial charge < -0.3 is 9.64 Å². The number of fused-ring (bicyclic) bond motifs is 7. The second-order valence-electron chi connectivity index (χ2n) is 11.7. The van der Waals surface area contributed by atoms with Crippen LogP contribution < -0.4 is 9.64 Å². The summed E-state index contributed by atoms with van der Waals surface area (Å²) >= 11 is 5.55. The smallest absolute Gasteiger partial charge is 0.143 e. The fourth-order valence-corrected chi connectivity index (χ4v) is 10.4. The minimum absolute atomic E-state index is 0.130. The molecule has 1 aromatic heterocycles. The molecule has 0 radical (unpaired) electrons. The summed E-state index contributed by atoms with van der Waals surface area (Å²) in [6.45, 7) is 4.71. The number of hydrogen-bond acceptors (Lipinski definition) is 5. The number of rotatable bonds is 3. The van der Waals surface area contributed by atoms with Crippen LogP contribution in [0.5, 0.6) is 11.5 Å². The van der Waals surface area contributed by atoms with Crippen molar-refractivity contribution < 1.29 is 4.74 Å². The van der Waals surface area contributed by atoms with Crippen molar-refractivity contribution in [2.75, 3.05) is 4.90 Å². The van der Waals surface area contributed by atoms with Gasteiger partial charge in [-0.2, -0.15) is 0 Å². The van der Waals surface area contributed by atoms with E-state index in [1.807, 2.05) is 29.2 Å². The first kappa shape index (κ1) is 26.3. The molecule has 7 aromatic rings. The molecular weight excluding hydrogens is 595 g/mol. The lowest BCUT2D eigenvalue weighted by atomic mass is 9.77. The van der Waals surface area contributed by atoms with E-state index >= 15 is 0 Å². The van der Waals surface area contributed by atoms with E-state index in [9.17, 15) is 0 Å². The first-order valence-electron chi connectivity index (χ1n) is 14.8. The highest BCUT2D eigenvalue weighted by Gasteiger charge is 2.36. The van der Waals surface area contributed by atoms with Crippen LogP contribution in [0, 0.1) is 0 Å². The summed E-state index contributed by atoms with van der Waals surface area (Å²) in [6.07, 6.45) is 0. The second kappa shape index (κ2) is 9.93. The van der Waals surface area contributed by atoms with Crippen LogP contribution in [0.3, 0.4) is 0 Å². The van der Waals surface area contributed by atoms with Crippen LogP contribution in [0.15, 0.2) is 147 Å². The predicted molar refractivity (Wildman–Crippen MR) is 187 cm³/mol. The lowest BCUT2D eigenvalue weighted by Crippen LogP contribution is -2.25. The third kappa shape index (κ3) is 3.89. The summed E-state index contributed by atoms with van der Waals surface area (Å²) in [4.78, 5) is 7.37. The summed E-state index contributed by atoms with van der Waals surface area (Å²) in [7, 11) is 0. The van der Waals surface area contributed by atoms with Crippen molar-refractivity contribution in [3.8, 4) is 11.5 Å². The second-order valence-corrected chi connectivity index (χ2v) is 14.9. The SMILES string of the molecule is CC1(C)c2ccccc2Sc2c(N(c3cccc4c3Sc3ccccc3O4)c3cccc4c3sc3ccccc34)cccc21. The maximum atomic E-state index is 6.52. The molecule has 0 N–H and O–H groups in total. The zero-order valence-electron chi connectivity index (χ0n) is 24.2. The molecule has 0 bridgehead atoms. The van der Waals surface area contributed by atoms with Crippen LogP contribution in [-0.4, -0.2) is 0 Å². The van der Waals surface area contributed by atoms with Crippen molar-refractivity contribution in [3.63, 3.8) is 0 Å². The van der Waals surface area contributed by atoms with Gasteiger partial charge in [0.2, 0.25) is 0 Å². The quantitative estimate of drug-likeness (QED) is 0.194. The van der Waals surface area contributed by atoms with E-state index in [2.05, 4.69) is 140 Å². The molecule has 0 saturated carbocycles. The molecule has 9 rings (SSSR count). The molecule has 3 heterocycles. The average Bonchev–Trinajstić information content (AvgIpc) is 3.44. The number of benzene rings is 6. The lowest BCUT2D eigenvalue weighted by Gasteiger charge is -2.38. The molecule has 0 amide bonds. The molecular formula is C39H27NOS3. The van der Waals surface area contributed by atoms with Crippen LogP contribution in [0.4, 0.5) is 17.1 Å². The molecule has 2 nitrogen and oxygen atoms in total. The molecule has 0 atom stereocenters. The molecule has 212 valence electrons. The zero-order chi connectivity index (χ0) is 29.4. The molecule has 0 fully saturated rings. The molecule has 0 unspecified atom stereocenters. The van der Waals surface area contributed by atoms with Gasteiger partial charge in [-0.15, -0.1) is 11.3 Å². The van der Waals surface area contributed by atoms with Crippen molar-refractivity contribution in [1.29, 1.82) is 0 Å². The molecule has 2 aliphatic rings. The third-order valence-corrected chi connectivity index (χ3v) is 12.4. The molecule has 0 saturated heterocycles. The Labute approximate surface area is 269 Å². The van der Waals surface area contributed by atoms with Gasteiger partial charge in [0.05, 0.1) is 31.6 Å². The molecule has 0 spiro atoms. The van der Waals surface area contributed by atoms with Crippen LogP contribution in [-0.2, 0) is 5.41 Å². The number of nitrogens with zero attached hydrogens (tertiary/aromatic N) is 1. The van der Waals surface area contributed by atoms with Gasteiger partial charge in [0.25, 0.3) is 0 Å². The normalized spacial score (nSPS) is 14.3. The topological polar surface area (TPSA) is 12.5 Å². The van der Waals surface area contributed by atoms with Gasteiger partial charge in [-0.3, -0.25) is 0 Å². The maximum absolute atomic E-state index is 6.52. The van der Waals surface area contributed by atoms with E-state index in [4.69, 9.17) is 4.74 Å². The van der Waals surface area contributed by atoms with E-state index in [0.29, 0.717) is 0 Å². The number of ether oxygens (including phenoxy) is 1. The number of hydrogen-bond donors (Lipinski definition) is 0. The van der Waals surface area contributed by atoms with Crippen molar-refractivity contribution in [2.45, 2.75) is 38.8 Å². The largest absolute Gasteiger partial charge is 0.455 e. The predicted octanol–water partition coefficient (Wildman–Crippen LogP) is 12.6. The monoisotopic (exact) mass is 621 g/mol. The van der Waals surface area contributed by atoms with Crippen LogP contribution in [0.2, 0.25) is 0 Å². The van der Waals surface area contributed by atoms with E-state index < -0.39 is 0 Å². The third-order valence-electron chi connectivity index (χ3n) is 8.79. The Bertz CT molecular complexity index is 2270. The van der Waals surface area contributed by atoms with Gasteiger partial charge in [-0.25, -0.2) is 0 Å². The Balaban J connectivity index is 1.34. The fraction of sp³-hybridized carbons (Fsp3) is 0.0769. The molecule has 2 aliphatic heterocycles. The highest BCUT2D eigenvalue weighted by molar-refractivity contribution is 8.00. The summed E-state index contributed by atoms with van der Waals surface area (Å²) in [6, 6.07) is 46.0. The van der Waals surface area contributed by atoms with Gasteiger partial charge in [-0.1, -0.05) is 116 Å². The highest BCUT2D eigenvalue weighted by Crippen LogP contribution is 2.58. The molecule has 6 aromatic carbocycles. The van der Waals surface area contributed by atoms with E-state index in [0.717, 1.165) is 27.0 Å². The van der Waals surface area contributed by atoms with Crippen LogP contribution >= 0.6 is 34.9 Å². The zero-order valence-corrected chi connectivity index (χ0v) is 26.7. The Morgan fingerprint density at radius 2 is 1.14 bits per heavy atom. The summed E-state index contributed by atoms with van der Waals surface area (Å²) in [5.74, 6) is 1.80. The van der Waals surface area contributed by atoms with Crippen molar-refractivity contribution >= 4 is 72.1 Å². The van der Waals surface area contributed by atoms with Gasteiger partial charge in [0, 0.05) is 30.7 Å². The fourth-order valence-electron chi connectivity index (χ4n) is 6.64. The number of para-hydroxylation sites is 1. The Morgan fingerprint density at radius 1 is 0.523 bits per heavy atom. The molecule has 44 heavy (non-hydrogen) atoms. The van der Waals surface area contributed by atoms with Gasteiger partial charge in [-0.05, 0) is 59.7 Å². The maximum Gasteiger partial charge on any atom is 0.143 e. The van der Waals surface area contributed by atoms with Gasteiger partial charge >= 0.3 is 0 Å². The highest BCUT2D eigenvalue weighted by atomic mass is 32.2. The van der Waals surface area contributed by atoms with Gasteiger partial charge in [0.1, 0.15) is 11.5 Å². The first-order valence-corrected chi connectivity index (χ1v) is 17.2. The van der Waals surface area contributed by atoms with Gasteiger partial charge in [0.15, 0.2) is 0 Å². The Kier molecular flexibility index (Phi) is 5.93. The van der Waals surface area contributed by atoms with Crippen molar-refractivity contribution in [2.24, 2.45) is 0 Å². The van der Waals surface area contributed by atoms with Crippen LogP contribution in [0.25, 0.3) is 20.2 Å². The van der Waals surface area contributed by atoms with Crippen molar-refractivity contribution in [1.82, 2.24) is 0 Å². The lowest BCUT2D eigenvalue weighted by molar-refractivity contribution is 0.455. The Hall–Kier alpha value is -4.16. The van der Waals surface area contributed by atoms with Crippen molar-refractivity contribution in [3.05, 3.63) is 139 Å². The van der Waals surface area contributed by atoms with E-state index in [1.165, 1.54) is 52.5 Å². The standard InChI is InChI=1S/C39H27NOS3/c1-39(2)26-14-4-7-22-34(26)43-37-27(39)15-10-17-29(37)40(28-16-9-13-25-24-12-3-6-21-33(24)42-36(25)28)30-18-11-20-32-38(30)44-35-23-8-5-19-31(35)41-32/h3-23H,1-2H3. The summed E-state index contributed by atoms with van der Waals surface area (Å²) < 4.78 is 9.10. The minimum Gasteiger partial charge on any atom is -0.455 e.